The van der Waals surface area contributed by atoms with Crippen molar-refractivity contribution in [2.45, 2.75) is 39.7 Å². The molecule has 0 aromatic heterocycles. The van der Waals surface area contributed by atoms with Crippen LogP contribution in [0, 0.1) is 18.3 Å². The van der Waals surface area contributed by atoms with Gasteiger partial charge in [0.25, 0.3) is 0 Å². The number of terminal acetylenes is 1. The minimum Gasteiger partial charge on any atom is -0.352 e. The van der Waals surface area contributed by atoms with Crippen LogP contribution in [0.1, 0.15) is 33.6 Å². The van der Waals surface area contributed by atoms with Crippen LogP contribution >= 0.6 is 0 Å². The molecule has 0 radical (unpaired) electrons. The molecule has 0 rings (SSSR count). The molecule has 68 valence electrons. The lowest BCUT2D eigenvalue weighted by Crippen LogP contribution is -2.36. The lowest BCUT2D eigenvalue weighted by atomic mass is 10.1. The molecule has 0 aromatic carbocycles. The zero-order valence-electron chi connectivity index (χ0n) is 8.05. The summed E-state index contributed by atoms with van der Waals surface area (Å²) in [5.41, 5.74) is 0. The van der Waals surface area contributed by atoms with Crippen LogP contribution < -0.4 is 5.32 Å². The van der Waals surface area contributed by atoms with Crippen LogP contribution in [0.3, 0.4) is 0 Å². The average molecular weight is 167 g/mol. The zero-order valence-corrected chi connectivity index (χ0v) is 8.05. The highest BCUT2D eigenvalue weighted by atomic mass is 16.1. The summed E-state index contributed by atoms with van der Waals surface area (Å²) in [6.07, 6.45) is 6.67. The van der Waals surface area contributed by atoms with Crippen molar-refractivity contribution in [2.24, 2.45) is 5.92 Å². The van der Waals surface area contributed by atoms with Gasteiger partial charge in [0, 0.05) is 18.4 Å². The molecule has 0 saturated carbocycles. The maximum atomic E-state index is 11.2. The molecule has 0 aliphatic heterocycles. The van der Waals surface area contributed by atoms with Gasteiger partial charge in [-0.2, -0.15) is 0 Å². The summed E-state index contributed by atoms with van der Waals surface area (Å²) < 4.78 is 0. The van der Waals surface area contributed by atoms with Gasteiger partial charge in [-0.1, -0.05) is 20.8 Å². The number of carbonyl (C=O) groups is 1. The maximum absolute atomic E-state index is 11.2. The number of carbonyl (C=O) groups excluding carboxylic acids is 1. The first-order valence-corrected chi connectivity index (χ1v) is 4.35. The van der Waals surface area contributed by atoms with Gasteiger partial charge in [-0.15, -0.1) is 12.3 Å². The van der Waals surface area contributed by atoms with Crippen LogP contribution in [0.4, 0.5) is 0 Å². The van der Waals surface area contributed by atoms with E-state index in [9.17, 15) is 4.79 Å². The lowest BCUT2D eigenvalue weighted by Gasteiger charge is -2.15. The number of hydrogen-bond acceptors (Lipinski definition) is 1. The van der Waals surface area contributed by atoms with Gasteiger partial charge in [-0.3, -0.25) is 4.79 Å². The third-order valence-electron chi connectivity index (χ3n) is 1.73. The van der Waals surface area contributed by atoms with Gasteiger partial charge < -0.3 is 5.32 Å². The highest BCUT2D eigenvalue weighted by Crippen LogP contribution is 1.99. The molecule has 2 heteroatoms. The summed E-state index contributed by atoms with van der Waals surface area (Å²) in [7, 11) is 0. The minimum atomic E-state index is 0.0387. The van der Waals surface area contributed by atoms with E-state index in [1.54, 1.807) is 0 Å². The number of rotatable bonds is 4. The molecule has 12 heavy (non-hydrogen) atoms. The molecule has 0 aromatic rings. The Morgan fingerprint density at radius 1 is 1.58 bits per heavy atom. The fraction of sp³-hybridized carbons (Fsp3) is 0.700. The second kappa shape index (κ2) is 5.65. The van der Waals surface area contributed by atoms with Gasteiger partial charge in [-0.05, 0) is 6.42 Å². The third-order valence-corrected chi connectivity index (χ3v) is 1.73. The van der Waals surface area contributed by atoms with Crippen LogP contribution in [0.5, 0.6) is 0 Å². The van der Waals surface area contributed by atoms with E-state index in [2.05, 4.69) is 11.2 Å². The molecule has 1 amide bonds. The van der Waals surface area contributed by atoms with Gasteiger partial charge in [0.2, 0.25) is 5.91 Å². The molecule has 0 bridgehead atoms. The molecule has 0 aliphatic rings. The van der Waals surface area contributed by atoms with Crippen LogP contribution in [0.2, 0.25) is 0 Å². The standard InChI is InChI=1S/C10H17NO/c1-5-7-9(6-2)11-10(12)8(3)4/h1,8-9H,6-7H2,2-4H3,(H,11,12). The van der Waals surface area contributed by atoms with E-state index < -0.39 is 0 Å². The van der Waals surface area contributed by atoms with E-state index in [1.165, 1.54) is 0 Å². The molecular formula is C10H17NO. The number of nitrogens with one attached hydrogen (secondary N) is 1. The number of hydrogen-bond donors (Lipinski definition) is 1. The monoisotopic (exact) mass is 167 g/mol. The SMILES string of the molecule is C#CCC(CC)NC(=O)C(C)C. The van der Waals surface area contributed by atoms with Crippen molar-refractivity contribution in [3.8, 4) is 12.3 Å². The van der Waals surface area contributed by atoms with Crippen molar-refractivity contribution in [1.29, 1.82) is 0 Å². The Labute approximate surface area is 74.7 Å². The number of amides is 1. The summed E-state index contributed by atoms with van der Waals surface area (Å²) >= 11 is 0. The molecule has 0 spiro atoms. The summed E-state index contributed by atoms with van der Waals surface area (Å²) in [6.45, 7) is 5.76. The Hall–Kier alpha value is -0.970. The largest absolute Gasteiger partial charge is 0.352 e. The Kier molecular flexibility index (Phi) is 5.19. The van der Waals surface area contributed by atoms with Gasteiger partial charge in [-0.25, -0.2) is 0 Å². The Morgan fingerprint density at radius 2 is 2.17 bits per heavy atom. The zero-order chi connectivity index (χ0) is 9.56. The van der Waals surface area contributed by atoms with E-state index in [0.29, 0.717) is 6.42 Å². The predicted molar refractivity (Wildman–Crippen MR) is 50.5 cm³/mol. The Balaban J connectivity index is 3.87. The van der Waals surface area contributed by atoms with Crippen LogP contribution in [-0.2, 0) is 4.79 Å². The second-order valence-electron chi connectivity index (χ2n) is 3.18. The molecule has 0 aliphatic carbocycles. The first-order chi connectivity index (χ1) is 5.61. The average Bonchev–Trinajstić information content (AvgIpc) is 2.03. The van der Waals surface area contributed by atoms with Crippen molar-refractivity contribution in [1.82, 2.24) is 5.32 Å². The van der Waals surface area contributed by atoms with Crippen LogP contribution in [0.25, 0.3) is 0 Å². The van der Waals surface area contributed by atoms with E-state index in [0.717, 1.165) is 6.42 Å². The van der Waals surface area contributed by atoms with Crippen molar-refractivity contribution < 1.29 is 4.79 Å². The fourth-order valence-corrected chi connectivity index (χ4v) is 0.808. The first-order valence-electron chi connectivity index (χ1n) is 4.35. The van der Waals surface area contributed by atoms with Crippen molar-refractivity contribution in [2.75, 3.05) is 0 Å². The molecular weight excluding hydrogens is 150 g/mol. The van der Waals surface area contributed by atoms with E-state index in [4.69, 9.17) is 6.42 Å². The summed E-state index contributed by atoms with van der Waals surface area (Å²) in [6, 6.07) is 0.143. The van der Waals surface area contributed by atoms with E-state index >= 15 is 0 Å². The predicted octanol–water partition coefficient (Wildman–Crippen LogP) is 1.56. The highest BCUT2D eigenvalue weighted by Gasteiger charge is 2.11. The van der Waals surface area contributed by atoms with E-state index in [1.807, 2.05) is 20.8 Å². The normalized spacial score (nSPS) is 12.2. The lowest BCUT2D eigenvalue weighted by molar-refractivity contribution is -0.124. The molecule has 1 unspecified atom stereocenters. The van der Waals surface area contributed by atoms with Gasteiger partial charge in [0.05, 0.1) is 0 Å². The molecule has 0 heterocycles. The smallest absolute Gasteiger partial charge is 0.222 e. The Bertz CT molecular complexity index is 179. The maximum Gasteiger partial charge on any atom is 0.222 e. The van der Waals surface area contributed by atoms with Crippen LogP contribution in [0.15, 0.2) is 0 Å². The molecule has 1 atom stereocenters. The second-order valence-corrected chi connectivity index (χ2v) is 3.18. The topological polar surface area (TPSA) is 29.1 Å². The van der Waals surface area contributed by atoms with Gasteiger partial charge in [0.1, 0.15) is 0 Å². The van der Waals surface area contributed by atoms with E-state index in [-0.39, 0.29) is 17.9 Å². The summed E-state index contributed by atoms with van der Waals surface area (Å²) in [5.74, 6) is 2.67. The quantitative estimate of drug-likeness (QED) is 0.632. The molecule has 0 fully saturated rings. The summed E-state index contributed by atoms with van der Waals surface area (Å²) in [4.78, 5) is 11.2. The third kappa shape index (κ3) is 4.02. The van der Waals surface area contributed by atoms with Crippen molar-refractivity contribution in [3.63, 3.8) is 0 Å². The summed E-state index contributed by atoms with van der Waals surface area (Å²) in [5, 5.41) is 2.89. The van der Waals surface area contributed by atoms with Crippen LogP contribution in [-0.4, -0.2) is 11.9 Å². The first kappa shape index (κ1) is 11.0. The van der Waals surface area contributed by atoms with Gasteiger partial charge in [0.15, 0.2) is 0 Å². The minimum absolute atomic E-state index is 0.0387. The van der Waals surface area contributed by atoms with Crippen molar-refractivity contribution >= 4 is 5.91 Å². The highest BCUT2D eigenvalue weighted by molar-refractivity contribution is 5.78. The molecule has 1 N–H and O–H groups in total. The molecule has 0 saturated heterocycles. The Morgan fingerprint density at radius 3 is 2.50 bits per heavy atom. The fourth-order valence-electron chi connectivity index (χ4n) is 0.808. The van der Waals surface area contributed by atoms with Crippen molar-refractivity contribution in [3.05, 3.63) is 0 Å². The van der Waals surface area contributed by atoms with Gasteiger partial charge >= 0.3 is 0 Å². The molecule has 2 nitrogen and oxygen atoms in total.